The lowest BCUT2D eigenvalue weighted by Crippen LogP contribution is -1.99. The zero-order chi connectivity index (χ0) is 19.8. The van der Waals surface area contributed by atoms with Crippen LogP contribution in [-0.2, 0) is 0 Å². The van der Waals surface area contributed by atoms with Gasteiger partial charge in [-0.3, -0.25) is 0 Å². The van der Waals surface area contributed by atoms with Gasteiger partial charge < -0.3 is 0 Å². The highest BCUT2D eigenvalue weighted by atomic mass is 14.1. The van der Waals surface area contributed by atoms with E-state index in [1.165, 1.54) is 141 Å². The second kappa shape index (κ2) is 24.0. The maximum absolute atomic E-state index is 4.21. The Morgan fingerprint density at radius 1 is 0.407 bits per heavy atom. The largest absolute Gasteiger partial charge is 0.0654 e. The summed E-state index contributed by atoms with van der Waals surface area (Å²) in [6.07, 6.45) is 33.1. The van der Waals surface area contributed by atoms with Crippen molar-refractivity contribution in [2.45, 2.75) is 162 Å². The fourth-order valence-electron chi connectivity index (χ4n) is 4.27. The van der Waals surface area contributed by atoms with Crippen molar-refractivity contribution >= 4 is 0 Å². The lowest BCUT2D eigenvalue weighted by molar-refractivity contribution is 0.404. The Morgan fingerprint density at radius 3 is 0.926 bits per heavy atom. The monoisotopic (exact) mass is 379 g/mol. The first-order valence-electron chi connectivity index (χ1n) is 13.1. The molecule has 0 bridgehead atoms. The van der Waals surface area contributed by atoms with Crippen LogP contribution in [0.15, 0.2) is 0 Å². The SMILES string of the molecule is [CH2]CC(CCCCCCCCC)CCCCCCCCCCCCCCC. The van der Waals surface area contributed by atoms with Crippen molar-refractivity contribution in [3.05, 3.63) is 6.92 Å². The minimum atomic E-state index is 0.911. The Labute approximate surface area is 174 Å². The van der Waals surface area contributed by atoms with Gasteiger partial charge in [-0.15, -0.1) is 0 Å². The molecule has 0 fully saturated rings. The van der Waals surface area contributed by atoms with Gasteiger partial charge >= 0.3 is 0 Å². The molecular formula is C27H55. The summed E-state index contributed by atoms with van der Waals surface area (Å²) in [5.74, 6) is 0.911. The topological polar surface area (TPSA) is 0 Å². The van der Waals surface area contributed by atoms with Gasteiger partial charge in [0.25, 0.3) is 0 Å². The molecule has 27 heavy (non-hydrogen) atoms. The molecule has 1 radical (unpaired) electrons. The Bertz CT molecular complexity index is 244. The predicted octanol–water partition coefficient (Wildman–Crippen LogP) is 10.4. The van der Waals surface area contributed by atoms with Gasteiger partial charge in [-0.05, 0) is 5.92 Å². The van der Waals surface area contributed by atoms with Crippen LogP contribution in [0, 0.1) is 12.8 Å². The summed E-state index contributed by atoms with van der Waals surface area (Å²) in [5.41, 5.74) is 0. The fourth-order valence-corrected chi connectivity index (χ4v) is 4.27. The maximum atomic E-state index is 4.21. The highest BCUT2D eigenvalue weighted by Gasteiger charge is 2.06. The van der Waals surface area contributed by atoms with E-state index < -0.39 is 0 Å². The van der Waals surface area contributed by atoms with Gasteiger partial charge in [0.05, 0.1) is 0 Å². The molecule has 0 spiro atoms. The minimum Gasteiger partial charge on any atom is -0.0654 e. The number of hydrogen-bond acceptors (Lipinski definition) is 0. The summed E-state index contributed by atoms with van der Waals surface area (Å²) >= 11 is 0. The molecule has 0 aromatic carbocycles. The molecule has 1 unspecified atom stereocenters. The molecule has 0 aromatic rings. The average molecular weight is 380 g/mol. The van der Waals surface area contributed by atoms with E-state index in [1.54, 1.807) is 0 Å². The number of unbranched alkanes of at least 4 members (excludes halogenated alkanes) is 18. The molecule has 0 aliphatic rings. The summed E-state index contributed by atoms with van der Waals surface area (Å²) in [5, 5.41) is 0. The van der Waals surface area contributed by atoms with E-state index in [9.17, 15) is 0 Å². The Morgan fingerprint density at radius 2 is 0.667 bits per heavy atom. The highest BCUT2D eigenvalue weighted by Crippen LogP contribution is 2.21. The normalized spacial score (nSPS) is 12.6. The van der Waals surface area contributed by atoms with Gasteiger partial charge in [-0.2, -0.15) is 0 Å². The molecule has 0 saturated carbocycles. The third-order valence-electron chi connectivity index (χ3n) is 6.34. The van der Waals surface area contributed by atoms with Gasteiger partial charge in [0.15, 0.2) is 0 Å². The molecule has 163 valence electrons. The van der Waals surface area contributed by atoms with E-state index in [1.807, 2.05) is 0 Å². The predicted molar refractivity (Wildman–Crippen MR) is 126 cm³/mol. The van der Waals surface area contributed by atoms with Crippen molar-refractivity contribution in [2.75, 3.05) is 0 Å². The molecule has 0 N–H and O–H groups in total. The number of hydrogen-bond donors (Lipinski definition) is 0. The second-order valence-electron chi connectivity index (χ2n) is 9.10. The molecule has 0 saturated heterocycles. The maximum Gasteiger partial charge on any atom is -0.0414 e. The summed E-state index contributed by atoms with van der Waals surface area (Å²) in [4.78, 5) is 0. The highest BCUT2D eigenvalue weighted by molar-refractivity contribution is 4.62. The molecule has 0 nitrogen and oxygen atoms in total. The van der Waals surface area contributed by atoms with Gasteiger partial charge in [0, 0.05) is 0 Å². The summed E-state index contributed by atoms with van der Waals surface area (Å²) in [6.45, 7) is 8.81. The fraction of sp³-hybridized carbons (Fsp3) is 0.963. The first-order chi connectivity index (χ1) is 13.3. The molecule has 0 amide bonds. The van der Waals surface area contributed by atoms with Crippen LogP contribution in [0.1, 0.15) is 162 Å². The smallest absolute Gasteiger partial charge is 0.0414 e. The van der Waals surface area contributed by atoms with E-state index in [0.717, 1.165) is 12.3 Å². The van der Waals surface area contributed by atoms with Crippen molar-refractivity contribution in [1.29, 1.82) is 0 Å². The lowest BCUT2D eigenvalue weighted by atomic mass is 9.92. The van der Waals surface area contributed by atoms with Crippen molar-refractivity contribution in [1.82, 2.24) is 0 Å². The molecule has 0 heterocycles. The summed E-state index contributed by atoms with van der Waals surface area (Å²) < 4.78 is 0. The van der Waals surface area contributed by atoms with Gasteiger partial charge in [0.2, 0.25) is 0 Å². The standard InChI is InChI=1S/C27H55/c1-4-7-9-11-13-14-15-16-17-18-20-22-24-26-27(6-3)25-23-21-19-12-10-8-5-2/h27H,3-26H2,1-2H3. The van der Waals surface area contributed by atoms with Crippen LogP contribution in [0.4, 0.5) is 0 Å². The number of rotatable bonds is 23. The van der Waals surface area contributed by atoms with Crippen LogP contribution >= 0.6 is 0 Å². The van der Waals surface area contributed by atoms with Crippen LogP contribution in [0.5, 0.6) is 0 Å². The van der Waals surface area contributed by atoms with Crippen molar-refractivity contribution < 1.29 is 0 Å². The van der Waals surface area contributed by atoms with Gasteiger partial charge in [-0.25, -0.2) is 0 Å². The Hall–Kier alpha value is 0. The minimum absolute atomic E-state index is 0.911. The molecule has 1 atom stereocenters. The van der Waals surface area contributed by atoms with Crippen molar-refractivity contribution in [2.24, 2.45) is 5.92 Å². The molecule has 0 aliphatic heterocycles. The average Bonchev–Trinajstić information content (AvgIpc) is 2.69. The molecule has 0 aromatic heterocycles. The third kappa shape index (κ3) is 22.2. The van der Waals surface area contributed by atoms with Crippen LogP contribution in [0.2, 0.25) is 0 Å². The molecule has 0 heteroatoms. The van der Waals surface area contributed by atoms with Gasteiger partial charge in [0.1, 0.15) is 0 Å². The third-order valence-corrected chi connectivity index (χ3v) is 6.34. The zero-order valence-electron chi connectivity index (χ0n) is 19.5. The van der Waals surface area contributed by atoms with Crippen LogP contribution in [-0.4, -0.2) is 0 Å². The molecule has 0 rings (SSSR count). The van der Waals surface area contributed by atoms with E-state index >= 15 is 0 Å². The van der Waals surface area contributed by atoms with Crippen molar-refractivity contribution in [3.8, 4) is 0 Å². The Balaban J connectivity index is 3.25. The Kier molecular flexibility index (Phi) is 24.0. The lowest BCUT2D eigenvalue weighted by Gasteiger charge is -2.14. The van der Waals surface area contributed by atoms with E-state index in [-0.39, 0.29) is 0 Å². The van der Waals surface area contributed by atoms with Crippen LogP contribution in [0.3, 0.4) is 0 Å². The second-order valence-corrected chi connectivity index (χ2v) is 9.10. The molecule has 0 aliphatic carbocycles. The van der Waals surface area contributed by atoms with E-state index in [4.69, 9.17) is 0 Å². The van der Waals surface area contributed by atoms with Crippen LogP contribution in [0.25, 0.3) is 0 Å². The van der Waals surface area contributed by atoms with E-state index in [0.29, 0.717) is 0 Å². The van der Waals surface area contributed by atoms with E-state index in [2.05, 4.69) is 20.8 Å². The first-order valence-corrected chi connectivity index (χ1v) is 13.1. The summed E-state index contributed by atoms with van der Waals surface area (Å²) in [7, 11) is 0. The quantitative estimate of drug-likeness (QED) is 0.155. The summed E-state index contributed by atoms with van der Waals surface area (Å²) in [6, 6.07) is 0. The van der Waals surface area contributed by atoms with Crippen molar-refractivity contribution in [3.63, 3.8) is 0 Å². The first kappa shape index (κ1) is 27.0. The van der Waals surface area contributed by atoms with Crippen LogP contribution < -0.4 is 0 Å². The van der Waals surface area contributed by atoms with Gasteiger partial charge in [-0.1, -0.05) is 168 Å². The molecular weight excluding hydrogens is 324 g/mol. The zero-order valence-corrected chi connectivity index (χ0v) is 19.5.